The van der Waals surface area contributed by atoms with Gasteiger partial charge in [0.1, 0.15) is 30.4 Å². The summed E-state index contributed by atoms with van der Waals surface area (Å²) < 4.78 is 29.7. The summed E-state index contributed by atoms with van der Waals surface area (Å²) in [6.45, 7) is 1.56. The van der Waals surface area contributed by atoms with E-state index in [1.54, 1.807) is 60.7 Å². The van der Waals surface area contributed by atoms with Gasteiger partial charge in [-0.3, -0.25) is 4.79 Å². The van der Waals surface area contributed by atoms with Crippen molar-refractivity contribution in [1.29, 1.82) is 0 Å². The second-order valence-corrected chi connectivity index (χ2v) is 8.95. The maximum absolute atomic E-state index is 13.4. The lowest BCUT2D eigenvalue weighted by Crippen LogP contribution is -2.45. The molecule has 3 aromatic rings. The highest BCUT2D eigenvalue weighted by Crippen LogP contribution is 2.47. The van der Waals surface area contributed by atoms with Crippen molar-refractivity contribution >= 4 is 19.6 Å². The number of rotatable bonds is 10. The molecule has 0 aliphatic rings. The Labute approximate surface area is 192 Å². The van der Waals surface area contributed by atoms with Gasteiger partial charge in [0, 0.05) is 0 Å². The average Bonchev–Trinajstić information content (AvgIpc) is 2.83. The number of carbonyl (C=O) groups is 2. The van der Waals surface area contributed by atoms with Crippen LogP contribution in [-0.4, -0.2) is 24.3 Å². The summed E-state index contributed by atoms with van der Waals surface area (Å²) in [5.74, 6) is 0.101. The Morgan fingerprint density at radius 3 is 1.82 bits per heavy atom. The predicted molar refractivity (Wildman–Crippen MR) is 124 cm³/mol. The van der Waals surface area contributed by atoms with Crippen LogP contribution in [0.2, 0.25) is 0 Å². The molecule has 2 amide bonds. The number of benzene rings is 3. The molecule has 0 radical (unpaired) electrons. The van der Waals surface area contributed by atoms with Gasteiger partial charge in [-0.2, -0.15) is 0 Å². The first-order valence-corrected chi connectivity index (χ1v) is 12.0. The van der Waals surface area contributed by atoms with Gasteiger partial charge in [0.25, 0.3) is 0 Å². The van der Waals surface area contributed by atoms with E-state index < -0.39 is 31.9 Å². The summed E-state index contributed by atoms with van der Waals surface area (Å²) in [5.41, 5.74) is 0.821. The van der Waals surface area contributed by atoms with Crippen molar-refractivity contribution < 1.29 is 27.9 Å². The summed E-state index contributed by atoms with van der Waals surface area (Å²) in [5, 5.41) is 4.96. The summed E-state index contributed by atoms with van der Waals surface area (Å²) in [7, 11) is -3.82. The van der Waals surface area contributed by atoms with Crippen LogP contribution in [-0.2, 0) is 20.7 Å². The first kappa shape index (κ1) is 23.9. The van der Waals surface area contributed by atoms with Crippen LogP contribution in [0.1, 0.15) is 12.5 Å². The van der Waals surface area contributed by atoms with Gasteiger partial charge in [-0.15, -0.1) is 0 Å². The average molecular weight is 468 g/mol. The zero-order valence-electron chi connectivity index (χ0n) is 18.0. The van der Waals surface area contributed by atoms with Gasteiger partial charge >= 0.3 is 13.7 Å². The third-order valence-electron chi connectivity index (χ3n) is 4.36. The first-order valence-electron chi connectivity index (χ1n) is 10.3. The second-order valence-electron chi connectivity index (χ2n) is 7.05. The number of para-hydroxylation sites is 2. The zero-order valence-corrected chi connectivity index (χ0v) is 18.9. The molecule has 0 aliphatic carbocycles. The Morgan fingerprint density at radius 1 is 0.818 bits per heavy atom. The maximum atomic E-state index is 13.4. The molecule has 0 saturated carbocycles. The molecule has 0 heterocycles. The number of ether oxygens (including phenoxy) is 1. The van der Waals surface area contributed by atoms with Crippen molar-refractivity contribution in [3.8, 4) is 11.5 Å². The molecule has 9 heteroatoms. The Balaban J connectivity index is 1.56. The highest BCUT2D eigenvalue weighted by molar-refractivity contribution is 7.54. The molecule has 0 saturated heterocycles. The minimum absolute atomic E-state index is 0.0754. The van der Waals surface area contributed by atoms with Crippen LogP contribution >= 0.6 is 7.60 Å². The lowest BCUT2D eigenvalue weighted by molar-refractivity contribution is -0.122. The molecule has 0 aromatic heterocycles. The number of amides is 2. The molecule has 0 bridgehead atoms. The van der Waals surface area contributed by atoms with Gasteiger partial charge in [-0.25, -0.2) is 9.36 Å². The van der Waals surface area contributed by atoms with E-state index >= 15 is 0 Å². The third kappa shape index (κ3) is 8.01. The first-order chi connectivity index (χ1) is 15.9. The smallest absolute Gasteiger partial charge is 0.445 e. The van der Waals surface area contributed by atoms with Crippen molar-refractivity contribution in [3.05, 3.63) is 96.6 Å². The van der Waals surface area contributed by atoms with E-state index in [-0.39, 0.29) is 6.61 Å². The van der Waals surface area contributed by atoms with Gasteiger partial charge in [0.2, 0.25) is 5.91 Å². The van der Waals surface area contributed by atoms with Crippen molar-refractivity contribution in [1.82, 2.24) is 10.6 Å². The van der Waals surface area contributed by atoms with Crippen LogP contribution in [0.4, 0.5) is 4.79 Å². The van der Waals surface area contributed by atoms with Crippen molar-refractivity contribution in [3.63, 3.8) is 0 Å². The normalized spacial score (nSPS) is 11.7. The topological polar surface area (TPSA) is 103 Å². The second kappa shape index (κ2) is 11.7. The van der Waals surface area contributed by atoms with E-state index in [4.69, 9.17) is 13.8 Å². The molecule has 1 atom stereocenters. The number of carbonyl (C=O) groups excluding carboxylic acids is 2. The molecule has 8 nitrogen and oxygen atoms in total. The molecule has 2 N–H and O–H groups in total. The Morgan fingerprint density at radius 2 is 1.30 bits per heavy atom. The van der Waals surface area contributed by atoms with E-state index in [1.807, 2.05) is 30.3 Å². The van der Waals surface area contributed by atoms with Gasteiger partial charge in [-0.1, -0.05) is 66.7 Å². The SMILES string of the molecule is CC(NC(=O)OCc1ccccc1)C(=O)NCP(=O)(Oc1ccccc1)Oc1ccccc1. The van der Waals surface area contributed by atoms with E-state index in [1.165, 1.54) is 6.92 Å². The summed E-state index contributed by atoms with van der Waals surface area (Å²) in [6.07, 6.45) is -1.15. The van der Waals surface area contributed by atoms with Gasteiger partial charge in [0.05, 0.1) is 0 Å². The molecule has 1 unspecified atom stereocenters. The molecule has 0 aliphatic heterocycles. The Kier molecular flexibility index (Phi) is 8.49. The largest absolute Gasteiger partial charge is 0.449 e. The van der Waals surface area contributed by atoms with Crippen molar-refractivity contribution in [2.75, 3.05) is 6.29 Å². The Bertz CT molecular complexity index is 1030. The lowest BCUT2D eigenvalue weighted by atomic mass is 10.2. The molecule has 3 aromatic carbocycles. The van der Waals surface area contributed by atoms with Crippen LogP contribution in [0.15, 0.2) is 91.0 Å². The van der Waals surface area contributed by atoms with Gasteiger partial charge in [0.15, 0.2) is 0 Å². The fourth-order valence-electron chi connectivity index (χ4n) is 2.70. The summed E-state index contributed by atoms with van der Waals surface area (Å²) in [6, 6.07) is 25.3. The standard InChI is InChI=1S/C24H25N2O6P/c1-19(26-24(28)30-17-20-11-5-2-6-12-20)23(27)25-18-33(29,31-21-13-7-3-8-14-21)32-22-15-9-4-10-16-22/h2-16,19H,17-18H2,1H3,(H,25,27)(H,26,28). The highest BCUT2D eigenvalue weighted by atomic mass is 31.2. The fourth-order valence-corrected chi connectivity index (χ4v) is 4.10. The Hall–Kier alpha value is -3.77. The monoisotopic (exact) mass is 468 g/mol. The van der Waals surface area contributed by atoms with Crippen LogP contribution in [0.5, 0.6) is 11.5 Å². The lowest BCUT2D eigenvalue weighted by Gasteiger charge is -2.21. The number of hydrogen-bond acceptors (Lipinski definition) is 6. The van der Waals surface area contributed by atoms with Crippen LogP contribution in [0.25, 0.3) is 0 Å². The van der Waals surface area contributed by atoms with E-state index in [9.17, 15) is 14.2 Å². The molecule has 0 spiro atoms. The van der Waals surface area contributed by atoms with Gasteiger partial charge in [-0.05, 0) is 36.8 Å². The van der Waals surface area contributed by atoms with Crippen LogP contribution in [0.3, 0.4) is 0 Å². The maximum Gasteiger partial charge on any atom is 0.449 e. The number of nitrogens with one attached hydrogen (secondary N) is 2. The highest BCUT2D eigenvalue weighted by Gasteiger charge is 2.30. The molecular weight excluding hydrogens is 443 g/mol. The minimum atomic E-state index is -3.82. The number of alkyl carbamates (subject to hydrolysis) is 1. The van der Waals surface area contributed by atoms with E-state index in [2.05, 4.69) is 10.6 Å². The minimum Gasteiger partial charge on any atom is -0.445 e. The van der Waals surface area contributed by atoms with Crippen molar-refractivity contribution in [2.45, 2.75) is 19.6 Å². The molecule has 33 heavy (non-hydrogen) atoms. The van der Waals surface area contributed by atoms with E-state index in [0.29, 0.717) is 11.5 Å². The molecular formula is C24H25N2O6P. The summed E-state index contributed by atoms with van der Waals surface area (Å²) >= 11 is 0. The molecule has 0 fully saturated rings. The van der Waals surface area contributed by atoms with Crippen LogP contribution < -0.4 is 19.7 Å². The predicted octanol–water partition coefficient (Wildman–Crippen LogP) is 4.73. The van der Waals surface area contributed by atoms with E-state index in [0.717, 1.165) is 5.56 Å². The van der Waals surface area contributed by atoms with Gasteiger partial charge < -0.3 is 24.4 Å². The van der Waals surface area contributed by atoms with Crippen molar-refractivity contribution in [2.24, 2.45) is 0 Å². The number of hydrogen-bond donors (Lipinski definition) is 2. The molecule has 172 valence electrons. The molecule has 3 rings (SSSR count). The fraction of sp³-hybridized carbons (Fsp3) is 0.167. The summed E-state index contributed by atoms with van der Waals surface area (Å²) in [4.78, 5) is 24.5. The zero-order chi connectivity index (χ0) is 23.5. The quantitative estimate of drug-likeness (QED) is 0.417. The van der Waals surface area contributed by atoms with Crippen LogP contribution in [0, 0.1) is 0 Å². The third-order valence-corrected chi connectivity index (χ3v) is 5.89.